The molecule has 4 heteroatoms. The summed E-state index contributed by atoms with van der Waals surface area (Å²) in [7, 11) is 0. The van der Waals surface area contributed by atoms with Crippen molar-refractivity contribution in [2.45, 2.75) is 26.3 Å². The number of nitrogens with zero attached hydrogens (tertiary/aromatic N) is 2. The molecule has 1 amide bonds. The highest BCUT2D eigenvalue weighted by Crippen LogP contribution is 2.15. The molecule has 0 unspecified atom stereocenters. The molecule has 1 heterocycles. The first kappa shape index (κ1) is 14.9. The summed E-state index contributed by atoms with van der Waals surface area (Å²) < 4.78 is 0. The zero-order valence-corrected chi connectivity index (χ0v) is 12.5. The summed E-state index contributed by atoms with van der Waals surface area (Å²) in [5, 5.41) is 3.03. The van der Waals surface area contributed by atoms with Crippen molar-refractivity contribution < 1.29 is 4.79 Å². The third kappa shape index (κ3) is 4.23. The summed E-state index contributed by atoms with van der Waals surface area (Å²) in [5.74, 6) is 0.146. The van der Waals surface area contributed by atoms with Crippen LogP contribution in [0.3, 0.4) is 0 Å². The molecule has 20 heavy (non-hydrogen) atoms. The smallest absolute Gasteiger partial charge is 0.234 e. The first-order valence-electron chi connectivity index (χ1n) is 7.50. The van der Waals surface area contributed by atoms with Crippen molar-refractivity contribution in [3.8, 4) is 0 Å². The predicted molar refractivity (Wildman–Crippen MR) is 83.0 cm³/mol. The third-order valence-corrected chi connectivity index (χ3v) is 3.88. The summed E-state index contributed by atoms with van der Waals surface area (Å²) >= 11 is 0. The van der Waals surface area contributed by atoms with Gasteiger partial charge in [0.25, 0.3) is 0 Å². The first-order valence-corrected chi connectivity index (χ1v) is 7.50. The highest BCUT2D eigenvalue weighted by Gasteiger charge is 2.19. The van der Waals surface area contributed by atoms with Crippen LogP contribution in [-0.2, 0) is 4.79 Å². The zero-order chi connectivity index (χ0) is 14.4. The summed E-state index contributed by atoms with van der Waals surface area (Å²) in [4.78, 5) is 16.5. The summed E-state index contributed by atoms with van der Waals surface area (Å²) in [5.41, 5.74) is 1.27. The van der Waals surface area contributed by atoms with E-state index in [9.17, 15) is 4.79 Å². The maximum atomic E-state index is 11.9. The molecular weight excluding hydrogens is 250 g/mol. The number of hydrogen-bond donors (Lipinski definition) is 1. The fraction of sp³-hybridized carbons (Fsp3) is 0.562. The fourth-order valence-electron chi connectivity index (χ4n) is 2.43. The van der Waals surface area contributed by atoms with E-state index in [1.165, 1.54) is 5.69 Å². The molecule has 1 fully saturated rings. The number of hydrogen-bond acceptors (Lipinski definition) is 3. The van der Waals surface area contributed by atoms with Crippen LogP contribution in [-0.4, -0.2) is 49.6 Å². The minimum atomic E-state index is 0.146. The Balaban J connectivity index is 1.76. The van der Waals surface area contributed by atoms with Crippen molar-refractivity contribution in [3.05, 3.63) is 30.3 Å². The Morgan fingerprint density at radius 3 is 2.45 bits per heavy atom. The van der Waals surface area contributed by atoms with E-state index in [1.807, 2.05) is 13.0 Å². The van der Waals surface area contributed by atoms with Gasteiger partial charge >= 0.3 is 0 Å². The topological polar surface area (TPSA) is 35.6 Å². The Bertz CT molecular complexity index is 413. The minimum absolute atomic E-state index is 0.146. The van der Waals surface area contributed by atoms with Crippen molar-refractivity contribution >= 4 is 11.6 Å². The molecule has 0 saturated carbocycles. The van der Waals surface area contributed by atoms with Gasteiger partial charge in [-0.3, -0.25) is 9.69 Å². The number of rotatable bonds is 5. The summed E-state index contributed by atoms with van der Waals surface area (Å²) in [6.07, 6.45) is 0.980. The van der Waals surface area contributed by atoms with Gasteiger partial charge < -0.3 is 10.2 Å². The highest BCUT2D eigenvalue weighted by atomic mass is 16.2. The third-order valence-electron chi connectivity index (χ3n) is 3.88. The van der Waals surface area contributed by atoms with Crippen molar-refractivity contribution in [2.24, 2.45) is 0 Å². The number of para-hydroxylation sites is 1. The molecule has 0 radical (unpaired) electrons. The van der Waals surface area contributed by atoms with Crippen LogP contribution in [0.25, 0.3) is 0 Å². The average molecular weight is 275 g/mol. The molecule has 0 aromatic heterocycles. The quantitative estimate of drug-likeness (QED) is 0.889. The summed E-state index contributed by atoms with van der Waals surface area (Å²) in [6, 6.07) is 10.7. The van der Waals surface area contributed by atoms with E-state index < -0.39 is 0 Å². The van der Waals surface area contributed by atoms with Gasteiger partial charge in [0.2, 0.25) is 5.91 Å². The monoisotopic (exact) mass is 275 g/mol. The predicted octanol–water partition coefficient (Wildman–Crippen LogP) is 1.72. The van der Waals surface area contributed by atoms with Crippen LogP contribution < -0.4 is 10.2 Å². The van der Waals surface area contributed by atoms with Gasteiger partial charge in [-0.15, -0.1) is 0 Å². The SMILES string of the molecule is CC[C@H](C)NC(=O)CN1CCN(c2ccccc2)CC1. The lowest BCUT2D eigenvalue weighted by molar-refractivity contribution is -0.122. The van der Waals surface area contributed by atoms with Gasteiger partial charge in [-0.25, -0.2) is 0 Å². The van der Waals surface area contributed by atoms with Crippen LogP contribution >= 0.6 is 0 Å². The Labute approximate surface area is 121 Å². The van der Waals surface area contributed by atoms with Gasteiger partial charge in [0, 0.05) is 37.9 Å². The Kier molecular flexibility index (Phi) is 5.41. The van der Waals surface area contributed by atoms with Crippen LogP contribution in [0.15, 0.2) is 30.3 Å². The van der Waals surface area contributed by atoms with Crippen molar-refractivity contribution in [3.63, 3.8) is 0 Å². The number of amides is 1. The van der Waals surface area contributed by atoms with Gasteiger partial charge in [0.05, 0.1) is 6.54 Å². The number of nitrogens with one attached hydrogen (secondary N) is 1. The maximum Gasteiger partial charge on any atom is 0.234 e. The molecule has 1 aliphatic rings. The molecule has 1 aromatic rings. The minimum Gasteiger partial charge on any atom is -0.369 e. The summed E-state index contributed by atoms with van der Waals surface area (Å²) in [6.45, 7) is 8.52. The molecule has 1 aromatic carbocycles. The Morgan fingerprint density at radius 1 is 1.20 bits per heavy atom. The van der Waals surface area contributed by atoms with E-state index in [-0.39, 0.29) is 11.9 Å². The van der Waals surface area contributed by atoms with Gasteiger partial charge in [-0.1, -0.05) is 25.1 Å². The normalized spacial score (nSPS) is 17.8. The Morgan fingerprint density at radius 2 is 1.85 bits per heavy atom. The second kappa shape index (κ2) is 7.29. The van der Waals surface area contributed by atoms with E-state index in [1.54, 1.807) is 0 Å². The van der Waals surface area contributed by atoms with Crippen molar-refractivity contribution in [1.29, 1.82) is 0 Å². The van der Waals surface area contributed by atoms with Gasteiger partial charge in [-0.2, -0.15) is 0 Å². The molecule has 0 bridgehead atoms. The van der Waals surface area contributed by atoms with Gasteiger partial charge in [0.1, 0.15) is 0 Å². The molecule has 1 aliphatic heterocycles. The van der Waals surface area contributed by atoms with Crippen LogP contribution in [0.4, 0.5) is 5.69 Å². The van der Waals surface area contributed by atoms with E-state index >= 15 is 0 Å². The number of anilines is 1. The second-order valence-electron chi connectivity index (χ2n) is 5.48. The molecule has 0 spiro atoms. The number of piperazine rings is 1. The number of carbonyl (C=O) groups is 1. The highest BCUT2D eigenvalue weighted by molar-refractivity contribution is 5.78. The van der Waals surface area contributed by atoms with Crippen LogP contribution in [0.5, 0.6) is 0 Å². The molecule has 0 aliphatic carbocycles. The van der Waals surface area contributed by atoms with Gasteiger partial charge in [0.15, 0.2) is 0 Å². The lowest BCUT2D eigenvalue weighted by Crippen LogP contribution is -2.50. The number of carbonyl (C=O) groups excluding carboxylic acids is 1. The largest absolute Gasteiger partial charge is 0.369 e. The maximum absolute atomic E-state index is 11.9. The second-order valence-corrected chi connectivity index (χ2v) is 5.48. The first-order chi connectivity index (χ1) is 9.69. The van der Waals surface area contributed by atoms with E-state index in [0.29, 0.717) is 6.54 Å². The lowest BCUT2D eigenvalue weighted by atomic mass is 10.2. The van der Waals surface area contributed by atoms with Crippen LogP contribution in [0.1, 0.15) is 20.3 Å². The zero-order valence-electron chi connectivity index (χ0n) is 12.5. The number of benzene rings is 1. The van der Waals surface area contributed by atoms with Crippen molar-refractivity contribution in [1.82, 2.24) is 10.2 Å². The molecule has 2 rings (SSSR count). The van der Waals surface area contributed by atoms with Gasteiger partial charge in [-0.05, 0) is 25.5 Å². The Hall–Kier alpha value is -1.55. The molecule has 1 atom stereocenters. The average Bonchev–Trinajstić information content (AvgIpc) is 2.48. The van der Waals surface area contributed by atoms with E-state index in [4.69, 9.17) is 0 Å². The van der Waals surface area contributed by atoms with Crippen LogP contribution in [0, 0.1) is 0 Å². The van der Waals surface area contributed by atoms with Crippen LogP contribution in [0.2, 0.25) is 0 Å². The molecule has 1 saturated heterocycles. The lowest BCUT2D eigenvalue weighted by Gasteiger charge is -2.35. The van der Waals surface area contributed by atoms with E-state index in [0.717, 1.165) is 32.6 Å². The molecular formula is C16H25N3O. The van der Waals surface area contributed by atoms with Crippen molar-refractivity contribution in [2.75, 3.05) is 37.6 Å². The fourth-order valence-corrected chi connectivity index (χ4v) is 2.43. The molecule has 110 valence electrons. The standard InChI is InChI=1S/C16H25N3O/c1-3-14(2)17-16(20)13-18-9-11-19(12-10-18)15-7-5-4-6-8-15/h4-8,14H,3,9-13H2,1-2H3,(H,17,20)/t14-/m0/s1. The molecule has 1 N–H and O–H groups in total. The molecule has 4 nitrogen and oxygen atoms in total. The van der Waals surface area contributed by atoms with E-state index in [2.05, 4.69) is 46.3 Å².